The van der Waals surface area contributed by atoms with E-state index in [1.807, 2.05) is 12.2 Å². The molecule has 2 heterocycles. The number of allylic oxidation sites excluding steroid dienone is 1. The molecule has 0 bridgehead atoms. The number of halogens is 1. The Morgan fingerprint density at radius 2 is 2.32 bits per heavy atom. The van der Waals surface area contributed by atoms with E-state index in [1.54, 1.807) is 6.92 Å². The normalized spacial score (nSPS) is 44.8. The molecular weight excluding hydrogens is 399 g/mol. The zero-order chi connectivity index (χ0) is 16.2. The number of nitrogens with one attached hydrogen (secondary N) is 1. The summed E-state index contributed by atoms with van der Waals surface area (Å²) in [6.07, 6.45) is 6.00. The van der Waals surface area contributed by atoms with Gasteiger partial charge in [-0.2, -0.15) is 0 Å². The van der Waals surface area contributed by atoms with Crippen LogP contribution in [0.4, 0.5) is 0 Å². The van der Waals surface area contributed by atoms with Gasteiger partial charge in [-0.1, -0.05) is 34.7 Å². The number of carbonyl (C=O) groups is 2. The van der Waals surface area contributed by atoms with E-state index in [0.717, 1.165) is 19.3 Å². The molecule has 3 rings (SSSR count). The third-order valence-electron chi connectivity index (χ3n) is 5.57. The lowest BCUT2D eigenvalue weighted by atomic mass is 9.62. The molecule has 1 aliphatic carbocycles. The van der Waals surface area contributed by atoms with E-state index >= 15 is 0 Å². The Kier molecular flexibility index (Phi) is 3.81. The number of nitrogens with two attached hydrogens (primary N) is 1. The maximum atomic E-state index is 12.5. The van der Waals surface area contributed by atoms with Gasteiger partial charge in [-0.25, -0.2) is 4.79 Å². The molecule has 0 aromatic carbocycles. The minimum absolute atomic E-state index is 0.178. The molecule has 0 saturated carbocycles. The first kappa shape index (κ1) is 16.2. The molecule has 0 spiro atoms. The monoisotopic (exact) mass is 420 g/mol. The fourth-order valence-corrected chi connectivity index (χ4v) is 4.87. The summed E-state index contributed by atoms with van der Waals surface area (Å²) in [6, 6.07) is 0. The number of esters is 1. The van der Waals surface area contributed by atoms with Gasteiger partial charge in [-0.15, -0.1) is 0 Å². The molecule has 122 valence electrons. The van der Waals surface area contributed by atoms with Crippen LogP contribution in [-0.2, 0) is 14.3 Å². The van der Waals surface area contributed by atoms with Crippen LogP contribution in [0.5, 0.6) is 0 Å². The molecule has 6 nitrogen and oxygen atoms in total. The molecule has 22 heavy (non-hydrogen) atoms. The molecular formula is C15H21IN2O4. The Morgan fingerprint density at radius 1 is 1.59 bits per heavy atom. The van der Waals surface area contributed by atoms with Crippen molar-refractivity contribution in [1.29, 1.82) is 0 Å². The quantitative estimate of drug-likeness (QED) is 0.265. The largest absolute Gasteiger partial charge is 0.452 e. The van der Waals surface area contributed by atoms with Gasteiger partial charge in [0.2, 0.25) is 11.4 Å². The molecule has 0 aromatic rings. The van der Waals surface area contributed by atoms with E-state index < -0.39 is 34.7 Å². The molecule has 3 aliphatic rings. The van der Waals surface area contributed by atoms with Gasteiger partial charge in [0.15, 0.2) is 5.60 Å². The van der Waals surface area contributed by atoms with E-state index in [0.29, 0.717) is 10.8 Å². The molecule has 5 atom stereocenters. The minimum atomic E-state index is -1.43. The first-order valence-corrected chi connectivity index (χ1v) is 9.11. The van der Waals surface area contributed by atoms with E-state index in [2.05, 4.69) is 27.9 Å². The number of fused-ring (bicyclic) bond motifs is 1. The second kappa shape index (κ2) is 5.17. The lowest BCUT2D eigenvalue weighted by Gasteiger charge is -2.56. The fraction of sp³-hybridized carbons (Fsp3) is 0.733. The molecule has 0 radical (unpaired) electrons. The van der Waals surface area contributed by atoms with E-state index in [9.17, 15) is 14.7 Å². The Bertz CT molecular complexity index is 554. The molecule has 1 amide bonds. The van der Waals surface area contributed by atoms with Crippen LogP contribution < -0.4 is 11.1 Å². The first-order valence-electron chi connectivity index (χ1n) is 7.59. The number of alkyl halides is 1. The number of hydrogen-bond donors (Lipinski definition) is 3. The summed E-state index contributed by atoms with van der Waals surface area (Å²) < 4.78 is 6.03. The lowest BCUT2D eigenvalue weighted by molar-refractivity contribution is -0.240. The van der Waals surface area contributed by atoms with Crippen molar-refractivity contribution in [2.24, 2.45) is 11.7 Å². The zero-order valence-corrected chi connectivity index (χ0v) is 14.6. The Labute approximate surface area is 143 Å². The van der Waals surface area contributed by atoms with Crippen LogP contribution >= 0.6 is 22.6 Å². The van der Waals surface area contributed by atoms with Crippen molar-refractivity contribution >= 4 is 34.5 Å². The lowest BCUT2D eigenvalue weighted by Crippen LogP contribution is -2.83. The Hall–Kier alpha value is -0.670. The smallest absolute Gasteiger partial charge is 0.339 e. The van der Waals surface area contributed by atoms with Gasteiger partial charge in [0.1, 0.15) is 5.54 Å². The fourth-order valence-electron chi connectivity index (χ4n) is 4.02. The van der Waals surface area contributed by atoms with Gasteiger partial charge in [-0.3, -0.25) is 4.79 Å². The summed E-state index contributed by atoms with van der Waals surface area (Å²) in [5, 5.41) is 13.6. The van der Waals surface area contributed by atoms with Crippen molar-refractivity contribution in [3.05, 3.63) is 12.2 Å². The van der Waals surface area contributed by atoms with E-state index in [4.69, 9.17) is 10.5 Å². The summed E-state index contributed by atoms with van der Waals surface area (Å²) in [5.41, 5.74) is 2.37. The first-order chi connectivity index (χ1) is 10.3. The number of amides is 1. The van der Waals surface area contributed by atoms with Crippen molar-refractivity contribution in [2.75, 3.05) is 4.43 Å². The maximum Gasteiger partial charge on any atom is 0.339 e. The van der Waals surface area contributed by atoms with Crippen LogP contribution in [0.2, 0.25) is 0 Å². The van der Waals surface area contributed by atoms with Crippen LogP contribution in [0.1, 0.15) is 32.6 Å². The second-order valence-electron chi connectivity index (χ2n) is 6.56. The van der Waals surface area contributed by atoms with Gasteiger partial charge in [-0.05, 0) is 32.6 Å². The number of hydrogen-bond acceptors (Lipinski definition) is 5. The highest BCUT2D eigenvalue weighted by atomic mass is 127. The average Bonchev–Trinajstić information content (AvgIpc) is 2.64. The highest BCUT2D eigenvalue weighted by Crippen LogP contribution is 2.54. The van der Waals surface area contributed by atoms with Crippen molar-refractivity contribution in [3.8, 4) is 0 Å². The number of aliphatic hydroxyl groups excluding tert-OH is 1. The Balaban J connectivity index is 2.01. The van der Waals surface area contributed by atoms with Crippen LogP contribution in [0.25, 0.3) is 0 Å². The summed E-state index contributed by atoms with van der Waals surface area (Å²) in [6.45, 7) is 1.66. The topological polar surface area (TPSA) is 102 Å². The minimum Gasteiger partial charge on any atom is -0.452 e. The molecule has 0 unspecified atom stereocenters. The van der Waals surface area contributed by atoms with Gasteiger partial charge in [0.05, 0.1) is 6.10 Å². The summed E-state index contributed by atoms with van der Waals surface area (Å²) in [4.78, 5) is 24.8. The highest BCUT2D eigenvalue weighted by Gasteiger charge is 2.84. The van der Waals surface area contributed by atoms with E-state index in [1.165, 1.54) is 0 Å². The van der Waals surface area contributed by atoms with Crippen molar-refractivity contribution in [3.63, 3.8) is 0 Å². The molecule has 2 saturated heterocycles. The highest BCUT2D eigenvalue weighted by molar-refractivity contribution is 14.1. The standard InChI is InChI=1S/C15H21IN2O4/c1-13-14(17,7-8-16)11(20)18-15(13,12(21)22-13)10(19)9-5-3-2-4-6-9/h3,5,9-10,19H,2,4,6-8,17H2,1H3,(H,18,20)/t9-,10+,13+,14-,15+/m1/s1. The van der Waals surface area contributed by atoms with Gasteiger partial charge >= 0.3 is 5.97 Å². The third-order valence-corrected chi connectivity index (χ3v) is 6.11. The summed E-state index contributed by atoms with van der Waals surface area (Å²) in [7, 11) is 0. The summed E-state index contributed by atoms with van der Waals surface area (Å²) in [5.74, 6) is -1.19. The van der Waals surface area contributed by atoms with Crippen LogP contribution in [0.15, 0.2) is 12.2 Å². The van der Waals surface area contributed by atoms with Crippen LogP contribution in [-0.4, -0.2) is 44.2 Å². The third kappa shape index (κ3) is 1.73. The molecule has 0 aromatic heterocycles. The number of rotatable bonds is 4. The molecule has 4 N–H and O–H groups in total. The number of ether oxygens (including phenoxy) is 1. The predicted octanol–water partition coefficient (Wildman–Crippen LogP) is 0.410. The van der Waals surface area contributed by atoms with Gasteiger partial charge in [0.25, 0.3) is 0 Å². The van der Waals surface area contributed by atoms with Crippen LogP contribution in [0.3, 0.4) is 0 Å². The van der Waals surface area contributed by atoms with Gasteiger partial charge < -0.3 is 20.9 Å². The van der Waals surface area contributed by atoms with Crippen molar-refractivity contribution in [1.82, 2.24) is 5.32 Å². The van der Waals surface area contributed by atoms with Crippen LogP contribution in [0, 0.1) is 5.92 Å². The van der Waals surface area contributed by atoms with Gasteiger partial charge in [0, 0.05) is 10.3 Å². The molecule has 2 fully saturated rings. The predicted molar refractivity (Wildman–Crippen MR) is 88.3 cm³/mol. The number of carbonyl (C=O) groups excluding carboxylic acids is 2. The number of aliphatic hydroxyl groups is 1. The molecule has 2 aliphatic heterocycles. The Morgan fingerprint density at radius 3 is 2.86 bits per heavy atom. The second-order valence-corrected chi connectivity index (χ2v) is 7.64. The average molecular weight is 420 g/mol. The maximum absolute atomic E-state index is 12.5. The summed E-state index contributed by atoms with van der Waals surface area (Å²) >= 11 is 2.14. The van der Waals surface area contributed by atoms with Crippen molar-refractivity contribution in [2.45, 2.75) is 55.4 Å². The SMILES string of the molecule is C[C@@]12OC(=O)[C@]1([C@@H](O)[C@@H]1C=CCCC1)NC(=O)[C@]2(N)CCI. The van der Waals surface area contributed by atoms with Crippen molar-refractivity contribution < 1.29 is 19.4 Å². The van der Waals surface area contributed by atoms with E-state index in [-0.39, 0.29) is 5.92 Å². The molecule has 7 heteroatoms. The zero-order valence-electron chi connectivity index (χ0n) is 12.5.